The van der Waals surface area contributed by atoms with E-state index in [1.165, 1.54) is 16.8 Å². The summed E-state index contributed by atoms with van der Waals surface area (Å²) >= 11 is 0. The lowest BCUT2D eigenvalue weighted by Gasteiger charge is -2.04. The Labute approximate surface area is 84.6 Å². The standard InChI is InChI=1S/C12H16N2/c1-4-10-12(9(2)3)11-7-5-6-8-14(11)13-10/h5-9H,4H2,1-3H3. The van der Waals surface area contributed by atoms with Gasteiger partial charge in [0.1, 0.15) is 0 Å². The molecule has 2 nitrogen and oxygen atoms in total. The molecule has 2 rings (SSSR count). The van der Waals surface area contributed by atoms with Crippen molar-refractivity contribution in [3.05, 3.63) is 35.7 Å². The topological polar surface area (TPSA) is 17.3 Å². The van der Waals surface area contributed by atoms with Crippen LogP contribution < -0.4 is 0 Å². The van der Waals surface area contributed by atoms with Crippen molar-refractivity contribution in [2.45, 2.75) is 33.1 Å². The van der Waals surface area contributed by atoms with E-state index in [1.54, 1.807) is 0 Å². The molecule has 0 bridgehead atoms. The first-order chi connectivity index (χ1) is 6.74. The summed E-state index contributed by atoms with van der Waals surface area (Å²) in [6.07, 6.45) is 3.02. The maximum atomic E-state index is 4.57. The molecule has 2 heteroatoms. The number of nitrogens with zero attached hydrogens (tertiary/aromatic N) is 2. The van der Waals surface area contributed by atoms with E-state index in [9.17, 15) is 0 Å². The molecule has 0 aliphatic carbocycles. The number of rotatable bonds is 2. The molecule has 0 N–H and O–H groups in total. The molecule has 0 fully saturated rings. The monoisotopic (exact) mass is 188 g/mol. The molecule has 0 saturated heterocycles. The summed E-state index contributed by atoms with van der Waals surface area (Å²) in [6.45, 7) is 6.61. The summed E-state index contributed by atoms with van der Waals surface area (Å²) in [5.41, 5.74) is 3.87. The van der Waals surface area contributed by atoms with Crippen LogP contribution in [0.15, 0.2) is 24.4 Å². The molecule has 0 aliphatic rings. The average Bonchev–Trinajstić information content (AvgIpc) is 2.55. The van der Waals surface area contributed by atoms with E-state index >= 15 is 0 Å². The van der Waals surface area contributed by atoms with Crippen LogP contribution in [-0.2, 0) is 6.42 Å². The van der Waals surface area contributed by atoms with E-state index in [4.69, 9.17) is 0 Å². The highest BCUT2D eigenvalue weighted by atomic mass is 15.2. The summed E-state index contributed by atoms with van der Waals surface area (Å²) in [6, 6.07) is 6.23. The van der Waals surface area contributed by atoms with Gasteiger partial charge in [-0.1, -0.05) is 26.8 Å². The minimum atomic E-state index is 0.546. The fourth-order valence-corrected chi connectivity index (χ4v) is 1.96. The fourth-order valence-electron chi connectivity index (χ4n) is 1.96. The van der Waals surface area contributed by atoms with Gasteiger partial charge in [0.05, 0.1) is 11.2 Å². The number of hydrogen-bond donors (Lipinski definition) is 0. The Balaban J connectivity index is 2.74. The number of pyridine rings is 1. The van der Waals surface area contributed by atoms with Crippen LogP contribution in [0.3, 0.4) is 0 Å². The smallest absolute Gasteiger partial charge is 0.0699 e. The van der Waals surface area contributed by atoms with Gasteiger partial charge in [-0.15, -0.1) is 0 Å². The third-order valence-corrected chi connectivity index (χ3v) is 2.57. The largest absolute Gasteiger partial charge is 0.240 e. The Kier molecular flexibility index (Phi) is 2.28. The van der Waals surface area contributed by atoms with Crippen LogP contribution in [0.2, 0.25) is 0 Å². The molecule has 74 valence electrons. The molecule has 0 saturated carbocycles. The zero-order chi connectivity index (χ0) is 10.1. The zero-order valence-electron chi connectivity index (χ0n) is 8.99. The molecule has 2 heterocycles. The van der Waals surface area contributed by atoms with Gasteiger partial charge in [-0.05, 0) is 24.5 Å². The van der Waals surface area contributed by atoms with Crippen molar-refractivity contribution in [3.8, 4) is 0 Å². The third kappa shape index (κ3) is 1.31. The van der Waals surface area contributed by atoms with E-state index in [1.807, 2.05) is 16.8 Å². The van der Waals surface area contributed by atoms with Gasteiger partial charge < -0.3 is 0 Å². The molecule has 0 radical (unpaired) electrons. The van der Waals surface area contributed by atoms with Gasteiger partial charge in [0, 0.05) is 11.8 Å². The van der Waals surface area contributed by atoms with Crippen LogP contribution >= 0.6 is 0 Å². The average molecular weight is 188 g/mol. The molecular formula is C12H16N2. The van der Waals surface area contributed by atoms with Crippen molar-refractivity contribution >= 4 is 5.52 Å². The molecule has 0 aromatic carbocycles. The molecule has 0 amide bonds. The van der Waals surface area contributed by atoms with Crippen molar-refractivity contribution in [2.24, 2.45) is 0 Å². The molecule has 2 aromatic rings. The predicted octanol–water partition coefficient (Wildman–Crippen LogP) is 3.02. The van der Waals surface area contributed by atoms with Gasteiger partial charge in [0.2, 0.25) is 0 Å². The normalized spacial score (nSPS) is 11.4. The van der Waals surface area contributed by atoms with Crippen LogP contribution in [0, 0.1) is 0 Å². The van der Waals surface area contributed by atoms with Crippen LogP contribution in [0.1, 0.15) is 37.9 Å². The second kappa shape index (κ2) is 3.45. The third-order valence-electron chi connectivity index (χ3n) is 2.57. The van der Waals surface area contributed by atoms with Gasteiger partial charge in [0.25, 0.3) is 0 Å². The van der Waals surface area contributed by atoms with Gasteiger partial charge >= 0.3 is 0 Å². The Morgan fingerprint density at radius 1 is 1.36 bits per heavy atom. The van der Waals surface area contributed by atoms with Gasteiger partial charge in [-0.2, -0.15) is 5.10 Å². The number of fused-ring (bicyclic) bond motifs is 1. The molecule has 0 unspecified atom stereocenters. The van der Waals surface area contributed by atoms with Gasteiger partial charge in [0.15, 0.2) is 0 Å². The van der Waals surface area contributed by atoms with E-state index in [0.717, 1.165) is 6.42 Å². The van der Waals surface area contributed by atoms with Gasteiger partial charge in [-0.3, -0.25) is 0 Å². The Morgan fingerprint density at radius 2 is 2.14 bits per heavy atom. The minimum Gasteiger partial charge on any atom is -0.240 e. The molecule has 14 heavy (non-hydrogen) atoms. The maximum absolute atomic E-state index is 4.57. The molecule has 0 atom stereocenters. The quantitative estimate of drug-likeness (QED) is 0.708. The van der Waals surface area contributed by atoms with Crippen LogP contribution in [0.5, 0.6) is 0 Å². The second-order valence-corrected chi connectivity index (χ2v) is 3.90. The molecular weight excluding hydrogens is 172 g/mol. The lowest BCUT2D eigenvalue weighted by Crippen LogP contribution is -1.91. The van der Waals surface area contributed by atoms with Crippen LogP contribution in [-0.4, -0.2) is 9.61 Å². The zero-order valence-corrected chi connectivity index (χ0v) is 8.99. The van der Waals surface area contributed by atoms with Crippen molar-refractivity contribution in [3.63, 3.8) is 0 Å². The minimum absolute atomic E-state index is 0.546. The summed E-state index contributed by atoms with van der Waals surface area (Å²) < 4.78 is 1.98. The SMILES string of the molecule is CCc1nn2ccccc2c1C(C)C. The van der Waals surface area contributed by atoms with Crippen molar-refractivity contribution in [1.29, 1.82) is 0 Å². The Hall–Kier alpha value is -1.31. The first-order valence-electron chi connectivity index (χ1n) is 5.20. The number of hydrogen-bond acceptors (Lipinski definition) is 1. The highest BCUT2D eigenvalue weighted by Crippen LogP contribution is 2.24. The van der Waals surface area contributed by atoms with E-state index in [-0.39, 0.29) is 0 Å². The van der Waals surface area contributed by atoms with Crippen molar-refractivity contribution < 1.29 is 0 Å². The summed E-state index contributed by atoms with van der Waals surface area (Å²) in [5, 5.41) is 4.57. The maximum Gasteiger partial charge on any atom is 0.0699 e. The lowest BCUT2D eigenvalue weighted by atomic mass is 10.0. The Bertz CT molecular complexity index is 441. The van der Waals surface area contributed by atoms with Crippen LogP contribution in [0.25, 0.3) is 5.52 Å². The molecule has 0 aliphatic heterocycles. The first kappa shape index (κ1) is 9.25. The lowest BCUT2D eigenvalue weighted by molar-refractivity contribution is 0.839. The highest BCUT2D eigenvalue weighted by Gasteiger charge is 2.13. The van der Waals surface area contributed by atoms with E-state index < -0.39 is 0 Å². The molecule has 2 aromatic heterocycles. The van der Waals surface area contributed by atoms with Crippen LogP contribution in [0.4, 0.5) is 0 Å². The van der Waals surface area contributed by atoms with Crippen molar-refractivity contribution in [1.82, 2.24) is 9.61 Å². The first-order valence-corrected chi connectivity index (χ1v) is 5.20. The Morgan fingerprint density at radius 3 is 2.79 bits per heavy atom. The fraction of sp³-hybridized carbons (Fsp3) is 0.417. The van der Waals surface area contributed by atoms with E-state index in [0.29, 0.717) is 5.92 Å². The number of aromatic nitrogens is 2. The predicted molar refractivity (Wildman–Crippen MR) is 58.7 cm³/mol. The van der Waals surface area contributed by atoms with Gasteiger partial charge in [-0.25, -0.2) is 4.52 Å². The molecule has 0 spiro atoms. The van der Waals surface area contributed by atoms with Crippen molar-refractivity contribution in [2.75, 3.05) is 0 Å². The highest BCUT2D eigenvalue weighted by molar-refractivity contribution is 5.57. The summed E-state index contributed by atoms with van der Waals surface area (Å²) in [4.78, 5) is 0. The number of aryl methyl sites for hydroxylation is 1. The summed E-state index contributed by atoms with van der Waals surface area (Å²) in [7, 11) is 0. The summed E-state index contributed by atoms with van der Waals surface area (Å²) in [5.74, 6) is 0.546. The second-order valence-electron chi connectivity index (χ2n) is 3.90. The van der Waals surface area contributed by atoms with E-state index in [2.05, 4.69) is 38.0 Å².